The number of nitrogens with zero attached hydrogens (tertiary/aromatic N) is 3. The number of aromatic nitrogens is 2. The Bertz CT molecular complexity index is 1040. The zero-order valence-electron chi connectivity index (χ0n) is 13.7. The van der Waals surface area contributed by atoms with E-state index in [0.29, 0.717) is 11.3 Å². The van der Waals surface area contributed by atoms with Crippen molar-refractivity contribution in [2.45, 2.75) is 0 Å². The number of carbonyl (C=O) groups is 1. The number of hydrazone groups is 1. The maximum Gasteiger partial charge on any atom is 0.271 e. The SMILES string of the molecule is O=C(N/N=C\c1ccccn1)c1ccc(-c2nc3ccccc3s2)cc1. The molecule has 2 aromatic carbocycles. The average Bonchev–Trinajstić information content (AvgIpc) is 3.13. The van der Waals surface area contributed by atoms with Gasteiger partial charge < -0.3 is 0 Å². The third-order valence-electron chi connectivity index (χ3n) is 3.74. The van der Waals surface area contributed by atoms with Crippen molar-refractivity contribution >= 4 is 33.7 Å². The van der Waals surface area contributed by atoms with E-state index in [2.05, 4.69) is 26.6 Å². The van der Waals surface area contributed by atoms with Gasteiger partial charge in [-0.2, -0.15) is 5.10 Å². The highest BCUT2D eigenvalue weighted by Gasteiger charge is 2.08. The lowest BCUT2D eigenvalue weighted by Gasteiger charge is -2.01. The highest BCUT2D eigenvalue weighted by Crippen LogP contribution is 2.29. The summed E-state index contributed by atoms with van der Waals surface area (Å²) < 4.78 is 1.15. The number of para-hydroxylation sites is 1. The molecule has 0 atom stereocenters. The molecule has 26 heavy (non-hydrogen) atoms. The Balaban J connectivity index is 1.46. The molecule has 2 heterocycles. The normalized spacial score (nSPS) is 11.1. The molecule has 126 valence electrons. The van der Waals surface area contributed by atoms with Crippen LogP contribution in [0.2, 0.25) is 0 Å². The first-order valence-electron chi connectivity index (χ1n) is 8.00. The second-order valence-corrected chi connectivity index (χ2v) is 6.55. The molecule has 0 radical (unpaired) electrons. The first-order chi connectivity index (χ1) is 12.8. The molecule has 2 aromatic heterocycles. The van der Waals surface area contributed by atoms with Crippen LogP contribution in [0.15, 0.2) is 78.0 Å². The number of rotatable bonds is 4. The Morgan fingerprint density at radius 3 is 2.58 bits per heavy atom. The monoisotopic (exact) mass is 358 g/mol. The van der Waals surface area contributed by atoms with Crippen LogP contribution in [0.1, 0.15) is 16.1 Å². The Morgan fingerprint density at radius 2 is 1.81 bits per heavy atom. The van der Waals surface area contributed by atoms with Gasteiger partial charge in [0.2, 0.25) is 0 Å². The summed E-state index contributed by atoms with van der Waals surface area (Å²) in [4.78, 5) is 20.9. The first kappa shape index (κ1) is 16.1. The maximum absolute atomic E-state index is 12.2. The third kappa shape index (κ3) is 3.50. The lowest BCUT2D eigenvalue weighted by molar-refractivity contribution is 0.0955. The summed E-state index contributed by atoms with van der Waals surface area (Å²) in [6, 6.07) is 20.9. The Kier molecular flexibility index (Phi) is 4.49. The summed E-state index contributed by atoms with van der Waals surface area (Å²) >= 11 is 1.63. The summed E-state index contributed by atoms with van der Waals surface area (Å²) in [5.74, 6) is -0.270. The van der Waals surface area contributed by atoms with Gasteiger partial charge in [0.05, 0.1) is 22.1 Å². The van der Waals surface area contributed by atoms with Gasteiger partial charge in [0.25, 0.3) is 5.91 Å². The fraction of sp³-hybridized carbons (Fsp3) is 0. The van der Waals surface area contributed by atoms with Gasteiger partial charge in [0.15, 0.2) is 0 Å². The van der Waals surface area contributed by atoms with Crippen LogP contribution in [0, 0.1) is 0 Å². The Labute approximate surface area is 154 Å². The largest absolute Gasteiger partial charge is 0.271 e. The van der Waals surface area contributed by atoms with E-state index in [1.807, 2.05) is 48.5 Å². The second kappa shape index (κ2) is 7.25. The number of fused-ring (bicyclic) bond motifs is 1. The van der Waals surface area contributed by atoms with Crippen molar-refractivity contribution in [1.82, 2.24) is 15.4 Å². The van der Waals surface area contributed by atoms with Crippen molar-refractivity contribution in [3.63, 3.8) is 0 Å². The smallest absolute Gasteiger partial charge is 0.267 e. The highest BCUT2D eigenvalue weighted by atomic mass is 32.1. The van der Waals surface area contributed by atoms with E-state index < -0.39 is 0 Å². The van der Waals surface area contributed by atoms with Crippen LogP contribution in [0.25, 0.3) is 20.8 Å². The minimum atomic E-state index is -0.270. The van der Waals surface area contributed by atoms with Crippen LogP contribution in [-0.2, 0) is 0 Å². The minimum Gasteiger partial charge on any atom is -0.267 e. The van der Waals surface area contributed by atoms with E-state index in [9.17, 15) is 4.79 Å². The molecule has 0 aliphatic rings. The quantitative estimate of drug-likeness (QED) is 0.441. The Hall–Kier alpha value is -3.38. The average molecular weight is 358 g/mol. The summed E-state index contributed by atoms with van der Waals surface area (Å²) in [6.45, 7) is 0. The maximum atomic E-state index is 12.2. The second-order valence-electron chi connectivity index (χ2n) is 5.52. The van der Waals surface area contributed by atoms with Gasteiger partial charge in [0, 0.05) is 17.3 Å². The van der Waals surface area contributed by atoms with E-state index in [1.165, 1.54) is 6.21 Å². The van der Waals surface area contributed by atoms with Crippen LogP contribution < -0.4 is 5.43 Å². The molecule has 4 rings (SSSR count). The lowest BCUT2D eigenvalue weighted by Crippen LogP contribution is -2.17. The highest BCUT2D eigenvalue weighted by molar-refractivity contribution is 7.21. The summed E-state index contributed by atoms with van der Waals surface area (Å²) in [6.07, 6.45) is 3.18. The molecular formula is C20H14N4OS. The fourth-order valence-electron chi connectivity index (χ4n) is 2.43. The minimum absolute atomic E-state index is 0.270. The number of thiazole rings is 1. The van der Waals surface area contributed by atoms with Gasteiger partial charge >= 0.3 is 0 Å². The molecule has 0 fully saturated rings. The van der Waals surface area contributed by atoms with E-state index in [1.54, 1.807) is 29.7 Å². The first-order valence-corrected chi connectivity index (χ1v) is 8.82. The number of benzene rings is 2. The summed E-state index contributed by atoms with van der Waals surface area (Å²) in [5.41, 5.74) is 5.69. The molecule has 0 unspecified atom stereocenters. The molecule has 0 saturated heterocycles. The summed E-state index contributed by atoms with van der Waals surface area (Å²) in [7, 11) is 0. The molecule has 0 spiro atoms. The van der Waals surface area contributed by atoms with Crippen LogP contribution in [0.3, 0.4) is 0 Å². The zero-order valence-corrected chi connectivity index (χ0v) is 14.5. The number of nitrogens with one attached hydrogen (secondary N) is 1. The third-order valence-corrected chi connectivity index (χ3v) is 4.82. The molecule has 6 heteroatoms. The molecule has 0 saturated carbocycles. The fourth-order valence-corrected chi connectivity index (χ4v) is 3.40. The van der Waals surface area contributed by atoms with E-state index in [4.69, 9.17) is 0 Å². The van der Waals surface area contributed by atoms with Crippen molar-refractivity contribution < 1.29 is 4.79 Å². The van der Waals surface area contributed by atoms with E-state index in [-0.39, 0.29) is 5.91 Å². The number of carbonyl (C=O) groups excluding carboxylic acids is 1. The number of hydrogen-bond donors (Lipinski definition) is 1. The predicted octanol–water partition coefficient (Wildman–Crippen LogP) is 4.12. The van der Waals surface area contributed by atoms with Gasteiger partial charge in [-0.1, -0.05) is 30.3 Å². The molecule has 0 aliphatic carbocycles. The van der Waals surface area contributed by atoms with Crippen molar-refractivity contribution in [1.29, 1.82) is 0 Å². The Morgan fingerprint density at radius 1 is 1.00 bits per heavy atom. The van der Waals surface area contributed by atoms with Gasteiger partial charge in [-0.3, -0.25) is 9.78 Å². The molecule has 5 nitrogen and oxygen atoms in total. The number of amides is 1. The van der Waals surface area contributed by atoms with E-state index >= 15 is 0 Å². The zero-order chi connectivity index (χ0) is 17.8. The molecular weight excluding hydrogens is 344 g/mol. The van der Waals surface area contributed by atoms with Crippen LogP contribution >= 0.6 is 11.3 Å². The van der Waals surface area contributed by atoms with Crippen LogP contribution in [-0.4, -0.2) is 22.1 Å². The standard InChI is InChI=1S/C20H14N4OS/c25-19(24-22-13-16-5-3-4-12-21-16)14-8-10-15(11-9-14)20-23-17-6-1-2-7-18(17)26-20/h1-13H,(H,24,25)/b22-13-. The van der Waals surface area contributed by atoms with Crippen molar-refractivity contribution in [3.05, 3.63) is 84.2 Å². The molecule has 0 aliphatic heterocycles. The lowest BCUT2D eigenvalue weighted by atomic mass is 10.1. The van der Waals surface area contributed by atoms with Gasteiger partial charge in [-0.15, -0.1) is 11.3 Å². The van der Waals surface area contributed by atoms with Gasteiger partial charge in [-0.25, -0.2) is 10.4 Å². The van der Waals surface area contributed by atoms with Gasteiger partial charge in [0.1, 0.15) is 5.01 Å². The van der Waals surface area contributed by atoms with Crippen molar-refractivity contribution in [2.75, 3.05) is 0 Å². The van der Waals surface area contributed by atoms with Crippen molar-refractivity contribution in [2.24, 2.45) is 5.10 Å². The number of hydrogen-bond acceptors (Lipinski definition) is 5. The molecule has 0 bridgehead atoms. The van der Waals surface area contributed by atoms with Crippen molar-refractivity contribution in [3.8, 4) is 10.6 Å². The summed E-state index contributed by atoms with van der Waals surface area (Å²) in [5, 5.41) is 4.87. The van der Waals surface area contributed by atoms with Gasteiger partial charge in [-0.05, 0) is 36.4 Å². The molecule has 1 amide bonds. The van der Waals surface area contributed by atoms with Crippen LogP contribution in [0.5, 0.6) is 0 Å². The predicted molar refractivity (Wildman–Crippen MR) is 104 cm³/mol. The molecule has 1 N–H and O–H groups in total. The van der Waals surface area contributed by atoms with E-state index in [0.717, 1.165) is 20.8 Å². The number of pyridine rings is 1. The molecule has 4 aromatic rings. The topological polar surface area (TPSA) is 67.2 Å². The van der Waals surface area contributed by atoms with Crippen LogP contribution in [0.4, 0.5) is 0 Å².